The Labute approximate surface area is 167 Å². The van der Waals surface area contributed by atoms with Crippen molar-refractivity contribution < 1.29 is 9.18 Å². The van der Waals surface area contributed by atoms with Gasteiger partial charge in [-0.25, -0.2) is 4.39 Å². The molecule has 2 aliphatic heterocycles. The predicted molar refractivity (Wildman–Crippen MR) is 110 cm³/mol. The van der Waals surface area contributed by atoms with Gasteiger partial charge < -0.3 is 4.90 Å². The average Bonchev–Trinajstić information content (AvgIpc) is 3.05. The van der Waals surface area contributed by atoms with E-state index in [-0.39, 0.29) is 17.9 Å². The van der Waals surface area contributed by atoms with Gasteiger partial charge in [0, 0.05) is 25.6 Å². The first-order valence-corrected chi connectivity index (χ1v) is 10.3. The molecule has 2 saturated heterocycles. The average molecular weight is 381 g/mol. The van der Waals surface area contributed by atoms with Crippen LogP contribution in [-0.4, -0.2) is 47.6 Å². The van der Waals surface area contributed by atoms with E-state index >= 15 is 0 Å². The Morgan fingerprint density at radius 1 is 0.929 bits per heavy atom. The van der Waals surface area contributed by atoms with Crippen LogP contribution in [0.5, 0.6) is 0 Å². The molecule has 0 saturated carbocycles. The van der Waals surface area contributed by atoms with Gasteiger partial charge in [-0.05, 0) is 44.4 Å². The molecule has 0 N–H and O–H groups in total. The molecule has 2 fully saturated rings. The van der Waals surface area contributed by atoms with Crippen molar-refractivity contribution >= 4 is 5.91 Å². The minimum atomic E-state index is -0.921. The van der Waals surface area contributed by atoms with Crippen LogP contribution in [-0.2, 0) is 11.3 Å². The number of likely N-dealkylation sites (tertiary alicyclic amines) is 2. The van der Waals surface area contributed by atoms with Crippen molar-refractivity contribution in [3.63, 3.8) is 0 Å². The lowest BCUT2D eigenvalue weighted by Crippen LogP contribution is -2.49. The highest BCUT2D eigenvalue weighted by atomic mass is 19.1. The molecule has 2 aliphatic rings. The number of hydrogen-bond acceptors (Lipinski definition) is 2. The number of hydrogen-bond donors (Lipinski definition) is 0. The second-order valence-electron chi connectivity index (χ2n) is 8.37. The molecule has 2 aromatic carbocycles. The minimum Gasteiger partial charge on any atom is -0.337 e. The molecular formula is C24H29FN2O. The van der Waals surface area contributed by atoms with Crippen LogP contribution in [0.2, 0.25) is 0 Å². The number of nitrogens with zero attached hydrogens (tertiary/aromatic N) is 2. The number of aryl methyl sites for hydroxylation is 2. The Hall–Kier alpha value is -2.20. The summed E-state index contributed by atoms with van der Waals surface area (Å²) >= 11 is 0. The maximum absolute atomic E-state index is 15.0. The summed E-state index contributed by atoms with van der Waals surface area (Å²) in [6.45, 7) is 6.66. The van der Waals surface area contributed by atoms with Gasteiger partial charge in [0.25, 0.3) is 0 Å². The molecule has 1 amide bonds. The van der Waals surface area contributed by atoms with E-state index in [9.17, 15) is 9.18 Å². The number of halogens is 1. The molecule has 28 heavy (non-hydrogen) atoms. The molecule has 4 heteroatoms. The zero-order valence-electron chi connectivity index (χ0n) is 16.8. The molecule has 4 rings (SSSR count). The summed E-state index contributed by atoms with van der Waals surface area (Å²) in [5, 5.41) is 0. The van der Waals surface area contributed by atoms with Gasteiger partial charge in [-0.1, -0.05) is 59.7 Å². The normalized spacial score (nSPS) is 26.0. The summed E-state index contributed by atoms with van der Waals surface area (Å²) < 4.78 is 15.0. The van der Waals surface area contributed by atoms with Crippen LogP contribution in [0.3, 0.4) is 0 Å². The zero-order chi connectivity index (χ0) is 19.7. The van der Waals surface area contributed by atoms with E-state index in [1.807, 2.05) is 24.0 Å². The zero-order valence-corrected chi connectivity index (χ0v) is 16.8. The van der Waals surface area contributed by atoms with Crippen molar-refractivity contribution in [2.24, 2.45) is 0 Å². The fourth-order valence-corrected chi connectivity index (χ4v) is 4.53. The summed E-state index contributed by atoms with van der Waals surface area (Å²) in [6.07, 6.45) is 0.647. The van der Waals surface area contributed by atoms with Gasteiger partial charge in [0.2, 0.25) is 5.91 Å². The third-order valence-corrected chi connectivity index (χ3v) is 6.28. The highest BCUT2D eigenvalue weighted by Gasteiger charge is 2.40. The quantitative estimate of drug-likeness (QED) is 0.792. The first kappa shape index (κ1) is 19.1. The van der Waals surface area contributed by atoms with Gasteiger partial charge in [0.05, 0.1) is 6.04 Å². The molecular weight excluding hydrogens is 351 g/mol. The second-order valence-corrected chi connectivity index (χ2v) is 8.37. The predicted octanol–water partition coefficient (Wildman–Crippen LogP) is 4.23. The van der Waals surface area contributed by atoms with Crippen molar-refractivity contribution in [1.29, 1.82) is 0 Å². The molecule has 0 spiro atoms. The SMILES string of the molecule is Cc1ccc(CN2CC[C@H](N3CC[C@@H](c4ccc(C)cc4)[C@H](F)C3)C2=O)cc1. The summed E-state index contributed by atoms with van der Waals surface area (Å²) in [5.74, 6) is 0.0959. The van der Waals surface area contributed by atoms with E-state index in [1.54, 1.807) is 0 Å². The highest BCUT2D eigenvalue weighted by molar-refractivity contribution is 5.84. The second kappa shape index (κ2) is 8.04. The minimum absolute atomic E-state index is 0.0583. The fraction of sp³-hybridized carbons (Fsp3) is 0.458. The number of rotatable bonds is 4. The fourth-order valence-electron chi connectivity index (χ4n) is 4.53. The smallest absolute Gasteiger partial charge is 0.240 e. The highest BCUT2D eigenvalue weighted by Crippen LogP contribution is 2.33. The number of benzene rings is 2. The van der Waals surface area contributed by atoms with Crippen LogP contribution >= 0.6 is 0 Å². The van der Waals surface area contributed by atoms with E-state index in [2.05, 4.69) is 48.2 Å². The van der Waals surface area contributed by atoms with Crippen LogP contribution in [0.4, 0.5) is 4.39 Å². The van der Waals surface area contributed by atoms with Crippen LogP contribution in [0.1, 0.15) is 41.0 Å². The standard InChI is InChI=1S/C24H29FN2O/c1-17-3-7-19(8-4-17)15-27-14-12-23(24(27)28)26-13-11-21(22(25)16-26)20-9-5-18(2)6-10-20/h3-10,21-23H,11-16H2,1-2H3/t21-,22+,23-/m0/s1. The lowest BCUT2D eigenvalue weighted by atomic mass is 9.87. The van der Waals surface area contributed by atoms with Crippen LogP contribution in [0, 0.1) is 13.8 Å². The first-order chi connectivity index (χ1) is 13.5. The first-order valence-electron chi connectivity index (χ1n) is 10.3. The van der Waals surface area contributed by atoms with Crippen LogP contribution in [0.25, 0.3) is 0 Å². The van der Waals surface area contributed by atoms with Gasteiger partial charge in [-0.3, -0.25) is 9.69 Å². The maximum atomic E-state index is 15.0. The van der Waals surface area contributed by atoms with Crippen molar-refractivity contribution in [2.75, 3.05) is 19.6 Å². The Bertz CT molecular complexity index is 818. The molecule has 0 bridgehead atoms. The third kappa shape index (κ3) is 3.97. The number of amides is 1. The molecule has 0 aromatic heterocycles. The molecule has 148 valence electrons. The molecule has 2 heterocycles. The van der Waals surface area contributed by atoms with Gasteiger partial charge in [0.15, 0.2) is 0 Å². The molecule has 0 radical (unpaired) electrons. The van der Waals surface area contributed by atoms with E-state index in [0.717, 1.165) is 37.1 Å². The van der Waals surface area contributed by atoms with Gasteiger partial charge in [0.1, 0.15) is 6.17 Å². The number of piperidine rings is 1. The Morgan fingerprint density at radius 3 is 2.21 bits per heavy atom. The maximum Gasteiger partial charge on any atom is 0.240 e. The van der Waals surface area contributed by atoms with Gasteiger partial charge in [-0.2, -0.15) is 0 Å². The summed E-state index contributed by atoms with van der Waals surface area (Å²) in [7, 11) is 0. The van der Waals surface area contributed by atoms with Gasteiger partial charge in [-0.15, -0.1) is 0 Å². The van der Waals surface area contributed by atoms with E-state index < -0.39 is 6.17 Å². The van der Waals surface area contributed by atoms with Crippen LogP contribution < -0.4 is 0 Å². The summed E-state index contributed by atoms with van der Waals surface area (Å²) in [6, 6.07) is 16.4. The Kier molecular flexibility index (Phi) is 5.49. The molecule has 2 aromatic rings. The topological polar surface area (TPSA) is 23.6 Å². The van der Waals surface area contributed by atoms with Crippen molar-refractivity contribution in [3.05, 3.63) is 70.8 Å². The van der Waals surface area contributed by atoms with Gasteiger partial charge >= 0.3 is 0 Å². The Morgan fingerprint density at radius 2 is 1.57 bits per heavy atom. The molecule has 3 atom stereocenters. The van der Waals surface area contributed by atoms with Crippen molar-refractivity contribution in [3.8, 4) is 0 Å². The molecule has 0 unspecified atom stereocenters. The summed E-state index contributed by atoms with van der Waals surface area (Å²) in [4.78, 5) is 16.9. The molecule has 0 aliphatic carbocycles. The van der Waals surface area contributed by atoms with E-state index in [4.69, 9.17) is 0 Å². The Balaban J connectivity index is 1.37. The number of carbonyl (C=O) groups excluding carboxylic acids is 1. The van der Waals surface area contributed by atoms with E-state index in [0.29, 0.717) is 13.1 Å². The van der Waals surface area contributed by atoms with Crippen molar-refractivity contribution in [1.82, 2.24) is 9.80 Å². The largest absolute Gasteiger partial charge is 0.337 e. The lowest BCUT2D eigenvalue weighted by Gasteiger charge is -2.37. The lowest BCUT2D eigenvalue weighted by molar-refractivity contribution is -0.133. The molecule has 3 nitrogen and oxygen atoms in total. The van der Waals surface area contributed by atoms with Crippen molar-refractivity contribution in [2.45, 2.75) is 51.4 Å². The van der Waals surface area contributed by atoms with E-state index in [1.165, 1.54) is 11.1 Å². The monoisotopic (exact) mass is 380 g/mol. The summed E-state index contributed by atoms with van der Waals surface area (Å²) in [5.41, 5.74) is 4.65. The number of carbonyl (C=O) groups is 1. The third-order valence-electron chi connectivity index (χ3n) is 6.28. The van der Waals surface area contributed by atoms with Crippen LogP contribution in [0.15, 0.2) is 48.5 Å². The number of alkyl halides is 1.